The maximum atomic E-state index is 11.6. The van der Waals surface area contributed by atoms with E-state index in [1.54, 1.807) is 0 Å². The number of rotatable bonds is 9. The van der Waals surface area contributed by atoms with Gasteiger partial charge in [-0.25, -0.2) is 0 Å². The fraction of sp³-hybridized carbons (Fsp3) is 0.929. The van der Waals surface area contributed by atoms with E-state index in [4.69, 9.17) is 4.74 Å². The highest BCUT2D eigenvalue weighted by Crippen LogP contribution is 2.04. The molecule has 0 N–H and O–H groups in total. The van der Waals surface area contributed by atoms with Gasteiger partial charge < -0.3 is 4.74 Å². The van der Waals surface area contributed by atoms with Crippen LogP contribution in [-0.4, -0.2) is 37.1 Å². The molecule has 0 bridgehead atoms. The van der Waals surface area contributed by atoms with Crippen molar-refractivity contribution in [1.82, 2.24) is 4.90 Å². The summed E-state index contributed by atoms with van der Waals surface area (Å²) in [6, 6.07) is 0. The van der Waals surface area contributed by atoms with Crippen molar-refractivity contribution in [3.05, 3.63) is 0 Å². The van der Waals surface area contributed by atoms with Crippen LogP contribution >= 0.6 is 0 Å². The van der Waals surface area contributed by atoms with Crippen LogP contribution in [0.15, 0.2) is 0 Å². The average molecular weight is 243 g/mol. The third kappa shape index (κ3) is 10.3. The second-order valence-corrected chi connectivity index (χ2v) is 5.56. The lowest BCUT2D eigenvalue weighted by molar-refractivity contribution is -0.145. The SMILES string of the molecule is CCCCOC(=O)CN(CC(C)C)CC(C)C. The lowest BCUT2D eigenvalue weighted by Gasteiger charge is -2.24. The summed E-state index contributed by atoms with van der Waals surface area (Å²) in [5.74, 6) is 1.08. The van der Waals surface area contributed by atoms with E-state index in [0.717, 1.165) is 25.9 Å². The average Bonchev–Trinajstić information content (AvgIpc) is 2.15. The Morgan fingerprint density at radius 2 is 1.65 bits per heavy atom. The predicted octanol–water partition coefficient (Wildman–Crippen LogP) is 2.94. The minimum Gasteiger partial charge on any atom is -0.465 e. The van der Waals surface area contributed by atoms with Crippen molar-refractivity contribution in [2.45, 2.75) is 47.5 Å². The van der Waals surface area contributed by atoms with Crippen molar-refractivity contribution >= 4 is 5.97 Å². The first-order valence-corrected chi connectivity index (χ1v) is 6.83. The molecule has 0 aliphatic carbocycles. The van der Waals surface area contributed by atoms with Gasteiger partial charge in [-0.15, -0.1) is 0 Å². The van der Waals surface area contributed by atoms with Crippen LogP contribution < -0.4 is 0 Å². The van der Waals surface area contributed by atoms with Gasteiger partial charge in [-0.1, -0.05) is 41.0 Å². The van der Waals surface area contributed by atoms with E-state index in [9.17, 15) is 4.79 Å². The summed E-state index contributed by atoms with van der Waals surface area (Å²) in [6.07, 6.45) is 2.02. The molecular weight excluding hydrogens is 214 g/mol. The molecule has 0 radical (unpaired) electrons. The summed E-state index contributed by atoms with van der Waals surface area (Å²) in [7, 11) is 0. The van der Waals surface area contributed by atoms with Crippen molar-refractivity contribution in [3.8, 4) is 0 Å². The van der Waals surface area contributed by atoms with Gasteiger partial charge in [0.1, 0.15) is 0 Å². The van der Waals surface area contributed by atoms with Gasteiger partial charge in [0.25, 0.3) is 0 Å². The fourth-order valence-electron chi connectivity index (χ4n) is 1.79. The molecular formula is C14H29NO2. The van der Waals surface area contributed by atoms with E-state index >= 15 is 0 Å². The van der Waals surface area contributed by atoms with E-state index in [0.29, 0.717) is 25.0 Å². The first-order chi connectivity index (χ1) is 7.95. The summed E-state index contributed by atoms with van der Waals surface area (Å²) in [5.41, 5.74) is 0. The summed E-state index contributed by atoms with van der Waals surface area (Å²) in [5, 5.41) is 0. The Labute approximate surface area is 107 Å². The zero-order valence-corrected chi connectivity index (χ0v) is 12.2. The summed E-state index contributed by atoms with van der Waals surface area (Å²) in [4.78, 5) is 13.8. The molecule has 0 unspecified atom stereocenters. The van der Waals surface area contributed by atoms with Gasteiger partial charge in [0.05, 0.1) is 13.2 Å². The topological polar surface area (TPSA) is 29.5 Å². The third-order valence-electron chi connectivity index (χ3n) is 2.36. The highest BCUT2D eigenvalue weighted by Gasteiger charge is 2.14. The Balaban J connectivity index is 3.99. The molecule has 0 heterocycles. The molecule has 102 valence electrons. The normalized spacial score (nSPS) is 11.5. The predicted molar refractivity (Wildman–Crippen MR) is 72.0 cm³/mol. The molecule has 0 spiro atoms. The van der Waals surface area contributed by atoms with Crippen LogP contribution in [0.4, 0.5) is 0 Å². The van der Waals surface area contributed by atoms with E-state index < -0.39 is 0 Å². The molecule has 0 rings (SSSR count). The lowest BCUT2D eigenvalue weighted by Crippen LogP contribution is -2.36. The lowest BCUT2D eigenvalue weighted by atomic mass is 10.1. The van der Waals surface area contributed by atoms with Gasteiger partial charge in [-0.3, -0.25) is 9.69 Å². The minimum absolute atomic E-state index is 0.0836. The van der Waals surface area contributed by atoms with Crippen LogP contribution in [0.25, 0.3) is 0 Å². The highest BCUT2D eigenvalue weighted by molar-refractivity contribution is 5.71. The van der Waals surface area contributed by atoms with Crippen LogP contribution in [0.1, 0.15) is 47.5 Å². The van der Waals surface area contributed by atoms with Gasteiger partial charge in [0.2, 0.25) is 0 Å². The molecule has 3 heteroatoms. The molecule has 0 aromatic heterocycles. The Morgan fingerprint density at radius 1 is 1.12 bits per heavy atom. The van der Waals surface area contributed by atoms with Crippen LogP contribution in [-0.2, 0) is 9.53 Å². The maximum Gasteiger partial charge on any atom is 0.320 e. The van der Waals surface area contributed by atoms with Gasteiger partial charge >= 0.3 is 5.97 Å². The second kappa shape index (κ2) is 9.46. The molecule has 0 saturated carbocycles. The number of carbonyl (C=O) groups is 1. The fourth-order valence-corrected chi connectivity index (χ4v) is 1.79. The minimum atomic E-state index is -0.0836. The Hall–Kier alpha value is -0.570. The second-order valence-electron chi connectivity index (χ2n) is 5.56. The van der Waals surface area contributed by atoms with Crippen molar-refractivity contribution in [1.29, 1.82) is 0 Å². The molecule has 0 aliphatic rings. The summed E-state index contributed by atoms with van der Waals surface area (Å²) in [6.45, 7) is 13.7. The van der Waals surface area contributed by atoms with Gasteiger partial charge in [-0.05, 0) is 18.3 Å². The van der Waals surface area contributed by atoms with Gasteiger partial charge in [0.15, 0.2) is 0 Å². The van der Waals surface area contributed by atoms with Crippen LogP contribution in [0.5, 0.6) is 0 Å². The molecule has 3 nitrogen and oxygen atoms in total. The van der Waals surface area contributed by atoms with E-state index in [1.807, 2.05) is 0 Å². The van der Waals surface area contributed by atoms with Gasteiger partial charge in [-0.2, -0.15) is 0 Å². The van der Waals surface area contributed by atoms with Crippen molar-refractivity contribution in [2.24, 2.45) is 11.8 Å². The van der Waals surface area contributed by atoms with Crippen LogP contribution in [0, 0.1) is 11.8 Å². The third-order valence-corrected chi connectivity index (χ3v) is 2.36. The Bertz CT molecular complexity index is 192. The molecule has 17 heavy (non-hydrogen) atoms. The smallest absolute Gasteiger partial charge is 0.320 e. The van der Waals surface area contributed by atoms with Crippen molar-refractivity contribution < 1.29 is 9.53 Å². The molecule has 0 aromatic rings. The number of nitrogens with zero attached hydrogens (tertiary/aromatic N) is 1. The number of carbonyl (C=O) groups excluding carboxylic acids is 1. The zero-order chi connectivity index (χ0) is 13.3. The Kier molecular flexibility index (Phi) is 9.14. The number of hydrogen-bond donors (Lipinski definition) is 0. The van der Waals surface area contributed by atoms with Gasteiger partial charge in [0, 0.05) is 13.1 Å². The first kappa shape index (κ1) is 16.4. The summed E-state index contributed by atoms with van der Waals surface area (Å²) < 4.78 is 5.20. The maximum absolute atomic E-state index is 11.6. The number of unbranched alkanes of at least 4 members (excludes halogenated alkanes) is 1. The Morgan fingerprint density at radius 3 is 2.06 bits per heavy atom. The molecule has 0 amide bonds. The number of ether oxygens (including phenoxy) is 1. The molecule has 0 saturated heterocycles. The van der Waals surface area contributed by atoms with E-state index in [-0.39, 0.29) is 5.97 Å². The number of esters is 1. The first-order valence-electron chi connectivity index (χ1n) is 6.83. The molecule has 0 aromatic carbocycles. The molecule has 0 atom stereocenters. The van der Waals surface area contributed by atoms with E-state index in [2.05, 4.69) is 39.5 Å². The van der Waals surface area contributed by atoms with Crippen molar-refractivity contribution in [3.63, 3.8) is 0 Å². The monoisotopic (exact) mass is 243 g/mol. The zero-order valence-electron chi connectivity index (χ0n) is 12.2. The number of hydrogen-bond acceptors (Lipinski definition) is 3. The summed E-state index contributed by atoms with van der Waals surface area (Å²) >= 11 is 0. The van der Waals surface area contributed by atoms with Crippen LogP contribution in [0.2, 0.25) is 0 Å². The van der Waals surface area contributed by atoms with E-state index in [1.165, 1.54) is 0 Å². The highest BCUT2D eigenvalue weighted by atomic mass is 16.5. The molecule has 0 fully saturated rings. The standard InChI is InChI=1S/C14H29NO2/c1-6-7-8-17-14(16)11-15(9-12(2)3)10-13(4)5/h12-13H,6-11H2,1-5H3. The largest absolute Gasteiger partial charge is 0.465 e. The van der Waals surface area contributed by atoms with Crippen molar-refractivity contribution in [2.75, 3.05) is 26.2 Å². The van der Waals surface area contributed by atoms with Crippen LogP contribution in [0.3, 0.4) is 0 Å². The molecule has 0 aliphatic heterocycles. The quantitative estimate of drug-likeness (QED) is 0.460.